The number of likely N-dealkylation sites (tertiary alicyclic amines) is 1. The number of nitrogens with one attached hydrogen (secondary N) is 3. The monoisotopic (exact) mass is 567 g/mol. The second-order valence-electron chi connectivity index (χ2n) is 8.37. The van der Waals surface area contributed by atoms with E-state index < -0.39 is 15.6 Å². The van der Waals surface area contributed by atoms with Gasteiger partial charge in [-0.2, -0.15) is 0 Å². The summed E-state index contributed by atoms with van der Waals surface area (Å²) >= 11 is 0. The third-order valence-corrected chi connectivity index (χ3v) is 5.91. The molecular weight excluding hydrogens is 529 g/mol. The smallest absolute Gasteiger partial charge is 0.209 e. The fraction of sp³-hybridized carbons (Fsp3) is 0.667. The number of nitrogens with zero attached hydrogens (tertiary/aromatic N) is 2. The Balaban J connectivity index is 0.00000480. The molecule has 3 N–H and O–H groups in total. The lowest BCUT2D eigenvalue weighted by Crippen LogP contribution is -2.47. The minimum Gasteiger partial charge on any atom is -0.497 e. The van der Waals surface area contributed by atoms with Gasteiger partial charge in [0, 0.05) is 18.6 Å². The van der Waals surface area contributed by atoms with E-state index in [1.54, 1.807) is 7.11 Å². The van der Waals surface area contributed by atoms with E-state index in [0.29, 0.717) is 19.0 Å². The summed E-state index contributed by atoms with van der Waals surface area (Å²) < 4.78 is 31.1. The lowest BCUT2D eigenvalue weighted by molar-refractivity contribution is 0.245. The summed E-state index contributed by atoms with van der Waals surface area (Å²) in [6, 6.07) is 8.46. The van der Waals surface area contributed by atoms with E-state index in [1.807, 2.05) is 32.9 Å². The van der Waals surface area contributed by atoms with E-state index in [1.165, 1.54) is 18.4 Å². The number of sulfonamides is 1. The molecule has 0 aromatic heterocycles. The van der Waals surface area contributed by atoms with Crippen LogP contribution >= 0.6 is 24.0 Å². The molecule has 2 rings (SSSR count). The van der Waals surface area contributed by atoms with Gasteiger partial charge in [0.1, 0.15) is 5.75 Å². The van der Waals surface area contributed by atoms with Gasteiger partial charge in [0.2, 0.25) is 10.0 Å². The Morgan fingerprint density at radius 2 is 1.81 bits per heavy atom. The molecule has 0 saturated carbocycles. The highest BCUT2D eigenvalue weighted by atomic mass is 127. The first-order valence-corrected chi connectivity index (χ1v) is 12.4. The molecule has 8 nitrogen and oxygen atoms in total. The molecule has 10 heteroatoms. The fourth-order valence-corrected chi connectivity index (χ4v) is 4.75. The molecule has 1 atom stereocenters. The molecule has 0 radical (unpaired) electrons. The number of aliphatic imine (C=N–C) groups is 1. The first-order valence-electron chi connectivity index (χ1n) is 10.5. The number of benzene rings is 1. The summed E-state index contributed by atoms with van der Waals surface area (Å²) in [4.78, 5) is 7.11. The van der Waals surface area contributed by atoms with Crippen molar-refractivity contribution in [3.8, 4) is 5.75 Å². The maximum atomic E-state index is 11.6. The molecule has 1 aromatic rings. The van der Waals surface area contributed by atoms with Gasteiger partial charge in [-0.1, -0.05) is 12.1 Å². The Morgan fingerprint density at radius 3 is 2.32 bits per heavy atom. The molecule has 1 unspecified atom stereocenters. The van der Waals surface area contributed by atoms with Crippen molar-refractivity contribution in [2.45, 2.75) is 45.2 Å². The molecule has 0 amide bonds. The van der Waals surface area contributed by atoms with Crippen LogP contribution in [0.15, 0.2) is 29.3 Å². The molecule has 31 heavy (non-hydrogen) atoms. The van der Waals surface area contributed by atoms with Crippen molar-refractivity contribution in [1.29, 1.82) is 0 Å². The largest absolute Gasteiger partial charge is 0.497 e. The second-order valence-corrected chi connectivity index (χ2v) is 10.1. The van der Waals surface area contributed by atoms with Crippen molar-refractivity contribution in [2.75, 3.05) is 46.1 Å². The number of methoxy groups -OCH3 is 1. The van der Waals surface area contributed by atoms with Crippen molar-refractivity contribution in [2.24, 2.45) is 4.99 Å². The van der Waals surface area contributed by atoms with Crippen molar-refractivity contribution in [3.63, 3.8) is 0 Å². The summed E-state index contributed by atoms with van der Waals surface area (Å²) in [5, 5.41) is 6.71. The molecule has 1 heterocycles. The zero-order valence-electron chi connectivity index (χ0n) is 19.3. The molecule has 1 aliphatic heterocycles. The summed E-state index contributed by atoms with van der Waals surface area (Å²) in [6.07, 6.45) is 3.59. The molecule has 178 valence electrons. The Bertz CT molecular complexity index is 794. The molecule has 1 saturated heterocycles. The van der Waals surface area contributed by atoms with Crippen molar-refractivity contribution in [3.05, 3.63) is 29.8 Å². The van der Waals surface area contributed by atoms with Crippen molar-refractivity contribution in [1.82, 2.24) is 20.3 Å². The van der Waals surface area contributed by atoms with Crippen molar-refractivity contribution >= 4 is 40.0 Å². The van der Waals surface area contributed by atoms with Gasteiger partial charge in [-0.25, -0.2) is 13.1 Å². The standard InChI is InChI=1S/C21H37N5O3S.HI/c1-6-22-20(24-16-21(2,3)25-30(5,27)28)23-15-19(26-13-7-8-14-26)17-9-11-18(29-4)12-10-17;/h9-12,19,25H,6-8,13-16H2,1-5H3,(H2,22,23,24);1H. The zero-order valence-corrected chi connectivity index (χ0v) is 22.4. The van der Waals surface area contributed by atoms with Gasteiger partial charge in [-0.05, 0) is 64.4 Å². The molecule has 0 spiro atoms. The Kier molecular flexibility index (Phi) is 11.5. The van der Waals surface area contributed by atoms with Crippen LogP contribution < -0.4 is 20.1 Å². The molecule has 0 bridgehead atoms. The van der Waals surface area contributed by atoms with Crippen LogP contribution in [0.1, 0.15) is 45.2 Å². The minimum absolute atomic E-state index is 0. The van der Waals surface area contributed by atoms with Gasteiger partial charge < -0.3 is 15.4 Å². The average molecular weight is 568 g/mol. The summed E-state index contributed by atoms with van der Waals surface area (Å²) in [5.41, 5.74) is 0.570. The first kappa shape index (κ1) is 27.9. The Hall–Kier alpha value is -1.11. The number of guanidine groups is 1. The normalized spacial score (nSPS) is 16.5. The SMILES string of the molecule is CCNC(=NCC(C)(C)NS(C)(=O)=O)NCC(c1ccc(OC)cc1)N1CCCC1.I. The number of ether oxygens (including phenoxy) is 1. The van der Waals surface area contributed by atoms with Crippen LogP contribution in [0.5, 0.6) is 5.75 Å². The highest BCUT2D eigenvalue weighted by Gasteiger charge is 2.25. The van der Waals surface area contributed by atoms with E-state index in [0.717, 1.165) is 31.6 Å². The number of rotatable bonds is 10. The topological polar surface area (TPSA) is 95.1 Å². The molecular formula is C21H38IN5O3S. The van der Waals surface area contributed by atoms with E-state index in [4.69, 9.17) is 4.74 Å². The van der Waals surface area contributed by atoms with E-state index >= 15 is 0 Å². The van der Waals surface area contributed by atoms with Crippen molar-refractivity contribution < 1.29 is 13.2 Å². The van der Waals surface area contributed by atoms with Crippen LogP contribution in [0.4, 0.5) is 0 Å². The predicted molar refractivity (Wildman–Crippen MR) is 138 cm³/mol. The zero-order chi connectivity index (χ0) is 22.2. The molecule has 1 aromatic carbocycles. The molecule has 1 fully saturated rings. The minimum atomic E-state index is -3.30. The summed E-state index contributed by atoms with van der Waals surface area (Å²) in [7, 11) is -1.62. The van der Waals surface area contributed by atoms with Gasteiger partial charge in [-0.3, -0.25) is 9.89 Å². The highest BCUT2D eigenvalue weighted by Crippen LogP contribution is 2.26. The van der Waals surface area contributed by atoms with Crippen LogP contribution in [0.3, 0.4) is 0 Å². The van der Waals surface area contributed by atoms with Crippen LogP contribution in [-0.4, -0.2) is 70.9 Å². The molecule has 0 aliphatic carbocycles. The quantitative estimate of drug-likeness (QED) is 0.228. The lowest BCUT2D eigenvalue weighted by atomic mass is 10.1. The maximum Gasteiger partial charge on any atom is 0.209 e. The predicted octanol–water partition coefficient (Wildman–Crippen LogP) is 2.33. The van der Waals surface area contributed by atoms with E-state index in [-0.39, 0.29) is 30.0 Å². The fourth-order valence-electron chi connectivity index (χ4n) is 3.68. The van der Waals surface area contributed by atoms with Crippen LogP contribution in [-0.2, 0) is 10.0 Å². The third-order valence-electron chi connectivity index (χ3n) is 4.98. The maximum absolute atomic E-state index is 11.6. The van der Waals surface area contributed by atoms with E-state index in [9.17, 15) is 8.42 Å². The van der Waals surface area contributed by atoms with Crippen LogP contribution in [0, 0.1) is 0 Å². The van der Waals surface area contributed by atoms with Gasteiger partial charge >= 0.3 is 0 Å². The average Bonchev–Trinajstić information content (AvgIpc) is 3.19. The summed E-state index contributed by atoms with van der Waals surface area (Å²) in [6.45, 7) is 9.58. The van der Waals surface area contributed by atoms with Gasteiger partial charge in [0.15, 0.2) is 5.96 Å². The highest BCUT2D eigenvalue weighted by molar-refractivity contribution is 14.0. The first-order chi connectivity index (χ1) is 14.1. The lowest BCUT2D eigenvalue weighted by Gasteiger charge is -2.29. The third kappa shape index (κ3) is 9.92. The Labute approximate surface area is 204 Å². The Morgan fingerprint density at radius 1 is 1.19 bits per heavy atom. The number of halogens is 1. The summed E-state index contributed by atoms with van der Waals surface area (Å²) in [5.74, 6) is 1.53. The van der Waals surface area contributed by atoms with Gasteiger partial charge in [-0.15, -0.1) is 24.0 Å². The second kappa shape index (κ2) is 12.8. The van der Waals surface area contributed by atoms with Crippen LogP contribution in [0.2, 0.25) is 0 Å². The van der Waals surface area contributed by atoms with Gasteiger partial charge in [0.05, 0.1) is 26.0 Å². The molecule has 1 aliphatic rings. The van der Waals surface area contributed by atoms with Crippen LogP contribution in [0.25, 0.3) is 0 Å². The number of hydrogen-bond acceptors (Lipinski definition) is 5. The van der Waals surface area contributed by atoms with E-state index in [2.05, 4.69) is 37.4 Å². The van der Waals surface area contributed by atoms with Gasteiger partial charge in [0.25, 0.3) is 0 Å². The number of hydrogen-bond donors (Lipinski definition) is 3.